The molecule has 0 radical (unpaired) electrons. The van der Waals surface area contributed by atoms with Gasteiger partial charge in [-0.3, -0.25) is 19.2 Å². The summed E-state index contributed by atoms with van der Waals surface area (Å²) in [7, 11) is -8.27. The highest BCUT2D eigenvalue weighted by Crippen LogP contribution is 2.53. The van der Waals surface area contributed by atoms with Gasteiger partial charge in [-0.15, -0.1) is 4.08 Å². The van der Waals surface area contributed by atoms with E-state index in [1.807, 2.05) is 13.8 Å². The van der Waals surface area contributed by atoms with E-state index < -0.39 is 35.6 Å². The number of hydrogen-bond acceptors (Lipinski definition) is 17. The van der Waals surface area contributed by atoms with Gasteiger partial charge in [-0.1, -0.05) is 53.6 Å². The highest BCUT2D eigenvalue weighted by Gasteiger charge is 2.40. The van der Waals surface area contributed by atoms with E-state index in [4.69, 9.17) is 42.8 Å². The molecule has 22 heteroatoms. The molecule has 7 aromatic carbocycles. The number of anilines is 1. The highest BCUT2D eigenvalue weighted by molar-refractivity contribution is 8.47. The number of para-hydroxylation sites is 1. The van der Waals surface area contributed by atoms with Gasteiger partial charge in [-0.05, 0) is 126 Å². The van der Waals surface area contributed by atoms with Crippen molar-refractivity contribution in [2.75, 3.05) is 34.2 Å². The number of hydrogen-bond donors (Lipinski definition) is 1. The number of Topliss-reactive ketones (excluding diaryl/α,β-unsaturated/α-hetero) is 4. The van der Waals surface area contributed by atoms with Crippen LogP contribution in [0, 0.1) is 13.8 Å². The Balaban J connectivity index is 0.000000262. The van der Waals surface area contributed by atoms with Gasteiger partial charge in [0.25, 0.3) is 19.5 Å². The number of carbonyl (C=O) groups is 4. The first-order valence-electron chi connectivity index (χ1n) is 23.8. The zero-order valence-electron chi connectivity index (χ0n) is 44.8. The second-order valence-electron chi connectivity index (χ2n) is 17.3. The molecule has 0 bridgehead atoms. The van der Waals surface area contributed by atoms with Crippen molar-refractivity contribution in [1.29, 1.82) is 0 Å². The third-order valence-corrected chi connectivity index (χ3v) is 19.6. The molecule has 0 aliphatic carbocycles. The maximum absolute atomic E-state index is 14.4. The number of benzene rings is 7. The van der Waals surface area contributed by atoms with Gasteiger partial charge in [0.15, 0.2) is 23.1 Å². The molecule has 7 aromatic rings. The number of nitrogens with two attached hydrogens (primary N) is 1. The van der Waals surface area contributed by atoms with E-state index in [0.29, 0.717) is 34.2 Å². The minimum Gasteiger partial charge on any atom is -0.497 e. The molecular weight excluding hydrogens is 1090 g/mol. The monoisotopic (exact) mass is 1150 g/mol. The highest BCUT2D eigenvalue weighted by atomic mass is 32.8. The topological polar surface area (TPSA) is 240 Å². The van der Waals surface area contributed by atoms with Crippen molar-refractivity contribution in [2.45, 2.75) is 57.9 Å². The van der Waals surface area contributed by atoms with E-state index in [1.165, 1.54) is 129 Å². The van der Waals surface area contributed by atoms with Crippen LogP contribution < -0.4 is 42.8 Å². The Labute approximate surface area is 461 Å². The van der Waals surface area contributed by atoms with Crippen molar-refractivity contribution >= 4 is 64.4 Å². The summed E-state index contributed by atoms with van der Waals surface area (Å²) in [5, 5.41) is 0. The molecule has 0 saturated carbocycles. The molecule has 2 N–H and O–H groups in total. The summed E-state index contributed by atoms with van der Waals surface area (Å²) in [6.45, 7) is 8.81. The number of ether oxygens (including phenoxy) is 4. The summed E-state index contributed by atoms with van der Waals surface area (Å²) < 4.78 is 103. The van der Waals surface area contributed by atoms with Crippen LogP contribution in [0.15, 0.2) is 155 Å². The average molecular weight is 1150 g/mol. The number of ketones is 4. The molecule has 0 aromatic heterocycles. The maximum Gasteiger partial charge on any atom is 0.426 e. The van der Waals surface area contributed by atoms with Gasteiger partial charge in [-0.25, -0.2) is 16.8 Å². The SMILES string of the molecule is COc1ccc(C(C)=O)c(OP(Oc2cc(OC)ccc2C(C)=O)N(Cc2ccccc2N)S(=O)(=O)c2ccc(C)cc2)c1.COc1ccc(C(C)=O)c(OP(Oc2cc(OC)ccc2C(C)=O)S(=O)(=O)c2ccc(C)cc2)c1. The van der Waals surface area contributed by atoms with Crippen LogP contribution in [0.3, 0.4) is 0 Å². The van der Waals surface area contributed by atoms with Crippen LogP contribution in [0.1, 0.15) is 85.8 Å². The Kier molecular flexibility index (Phi) is 20.4. The number of aryl methyl sites for hydroxylation is 2. The lowest BCUT2D eigenvalue weighted by molar-refractivity contribution is 0.100. The summed E-state index contributed by atoms with van der Waals surface area (Å²) in [5.74, 6) is 0.131. The molecule has 79 heavy (non-hydrogen) atoms. The standard InChI is InChI=1S/C32H33N2O8PS.C25H25O8PS/c1-21-10-14-27(15-11-21)44(37,38)34(20-24-8-6-7-9-30(24)33)43(41-31-18-25(39-4)12-16-28(31)22(2)35)42-32-19-26(40-5)13-17-29(32)23(3)36;1-16-6-10-21(11-7-16)35(28,29)34(32-24-14-19(30-4)8-12-22(24)17(2)26)33-25-15-20(31-5)9-13-23(25)18(3)27/h6-19H,20,33H2,1-5H3;6-15H,1-5H3. The molecule has 0 amide bonds. The van der Waals surface area contributed by atoms with E-state index in [-0.39, 0.29) is 84.7 Å². The van der Waals surface area contributed by atoms with E-state index in [0.717, 1.165) is 15.2 Å². The molecule has 414 valence electrons. The lowest BCUT2D eigenvalue weighted by Crippen LogP contribution is -2.30. The fourth-order valence-corrected chi connectivity index (χ4v) is 14.0. The predicted octanol–water partition coefficient (Wildman–Crippen LogP) is 12.2. The van der Waals surface area contributed by atoms with E-state index in [9.17, 15) is 36.0 Å². The fraction of sp³-hybridized carbons (Fsp3) is 0.193. The van der Waals surface area contributed by atoms with E-state index >= 15 is 0 Å². The Morgan fingerprint density at radius 2 is 0.785 bits per heavy atom. The Hall–Kier alpha value is -7.86. The van der Waals surface area contributed by atoms with Gasteiger partial charge in [0.1, 0.15) is 46.0 Å². The van der Waals surface area contributed by atoms with Gasteiger partial charge in [0, 0.05) is 30.0 Å². The van der Waals surface area contributed by atoms with E-state index in [2.05, 4.69) is 0 Å². The zero-order chi connectivity index (χ0) is 57.8. The smallest absolute Gasteiger partial charge is 0.426 e. The molecule has 0 spiro atoms. The van der Waals surface area contributed by atoms with E-state index in [1.54, 1.807) is 72.8 Å². The molecule has 0 aliphatic rings. The lowest BCUT2D eigenvalue weighted by atomic mass is 10.1. The molecule has 0 saturated heterocycles. The van der Waals surface area contributed by atoms with Crippen LogP contribution in [-0.4, -0.2) is 72.5 Å². The van der Waals surface area contributed by atoms with Crippen molar-refractivity contribution in [2.24, 2.45) is 0 Å². The van der Waals surface area contributed by atoms with Gasteiger partial charge in [-0.2, -0.15) is 0 Å². The second-order valence-corrected chi connectivity index (χ2v) is 25.3. The first kappa shape index (κ1) is 60.4. The molecule has 0 heterocycles. The van der Waals surface area contributed by atoms with Crippen LogP contribution in [0.2, 0.25) is 0 Å². The summed E-state index contributed by atoms with van der Waals surface area (Å²) in [5.41, 5.74) is 9.48. The molecule has 7 rings (SSSR count). The van der Waals surface area contributed by atoms with Crippen LogP contribution in [0.5, 0.6) is 46.0 Å². The fourth-order valence-electron chi connectivity index (χ4n) is 7.22. The largest absolute Gasteiger partial charge is 0.497 e. The number of carbonyl (C=O) groups excluding carboxylic acids is 4. The first-order chi connectivity index (χ1) is 37.5. The molecule has 0 fully saturated rings. The quantitative estimate of drug-likeness (QED) is 0.0356. The number of rotatable bonds is 23. The minimum atomic E-state index is -4.35. The molecule has 0 aliphatic heterocycles. The molecule has 0 unspecified atom stereocenters. The Bertz CT molecular complexity index is 3460. The van der Waals surface area contributed by atoms with Crippen molar-refractivity contribution in [3.63, 3.8) is 0 Å². The summed E-state index contributed by atoms with van der Waals surface area (Å²) >= 11 is 0. The van der Waals surface area contributed by atoms with Crippen LogP contribution in [0.25, 0.3) is 0 Å². The summed E-state index contributed by atoms with van der Waals surface area (Å²) in [6, 6.07) is 37.4. The summed E-state index contributed by atoms with van der Waals surface area (Å²) in [6.07, 6.45) is 0. The van der Waals surface area contributed by atoms with Crippen molar-refractivity contribution in [3.05, 3.63) is 185 Å². The number of nitrogens with zero attached hydrogens (tertiary/aromatic N) is 1. The average Bonchev–Trinajstić information content (AvgIpc) is 3.42. The third kappa shape index (κ3) is 15.0. The van der Waals surface area contributed by atoms with Crippen molar-refractivity contribution in [1.82, 2.24) is 4.08 Å². The van der Waals surface area contributed by atoms with Crippen LogP contribution >= 0.6 is 16.1 Å². The number of methoxy groups -OCH3 is 4. The first-order valence-corrected chi connectivity index (χ1v) is 29.7. The Morgan fingerprint density at radius 1 is 0.456 bits per heavy atom. The molecule has 18 nitrogen and oxygen atoms in total. The second kappa shape index (κ2) is 26.7. The normalized spacial score (nSPS) is 11.3. The summed E-state index contributed by atoms with van der Waals surface area (Å²) in [4.78, 5) is 49.6. The third-order valence-electron chi connectivity index (χ3n) is 11.6. The van der Waals surface area contributed by atoms with Crippen LogP contribution in [0.4, 0.5) is 5.69 Å². The van der Waals surface area contributed by atoms with Crippen molar-refractivity contribution in [3.8, 4) is 46.0 Å². The molecule has 0 atom stereocenters. The van der Waals surface area contributed by atoms with Crippen LogP contribution in [-0.2, 0) is 26.0 Å². The van der Waals surface area contributed by atoms with Gasteiger partial charge in [0.2, 0.25) is 0 Å². The lowest BCUT2D eigenvalue weighted by Gasteiger charge is -2.30. The zero-order valence-corrected chi connectivity index (χ0v) is 48.3. The maximum atomic E-state index is 14.4. The Morgan fingerprint density at radius 3 is 1.11 bits per heavy atom. The van der Waals surface area contributed by atoms with Gasteiger partial charge in [0.05, 0.1) is 67.0 Å². The number of nitrogen functional groups attached to an aromatic ring is 1. The minimum absolute atomic E-state index is 0.0211. The van der Waals surface area contributed by atoms with Gasteiger partial charge < -0.3 is 42.8 Å². The molecular formula is C57H58N2O16P2S2. The van der Waals surface area contributed by atoms with Crippen molar-refractivity contribution < 1.29 is 73.1 Å². The predicted molar refractivity (Wildman–Crippen MR) is 301 cm³/mol. The van der Waals surface area contributed by atoms with Gasteiger partial charge >= 0.3 is 16.1 Å². The number of sulfonamides is 1.